The van der Waals surface area contributed by atoms with Gasteiger partial charge in [0.2, 0.25) is 0 Å². The van der Waals surface area contributed by atoms with Crippen LogP contribution >= 0.6 is 0 Å². The van der Waals surface area contributed by atoms with Gasteiger partial charge in [0.25, 0.3) is 0 Å². The maximum absolute atomic E-state index is 13.2. The number of amides is 1. The van der Waals surface area contributed by atoms with Gasteiger partial charge in [0, 0.05) is 18.4 Å². The monoisotopic (exact) mass is 461 g/mol. The van der Waals surface area contributed by atoms with Crippen molar-refractivity contribution in [3.8, 4) is 5.75 Å². The molecule has 0 aliphatic heterocycles. The highest BCUT2D eigenvalue weighted by molar-refractivity contribution is 5.95. The first-order valence-corrected chi connectivity index (χ1v) is 11.2. The number of carbonyl (C=O) groups excluding carboxylic acids is 2. The zero-order valence-corrected chi connectivity index (χ0v) is 18.9. The first kappa shape index (κ1) is 23.3. The summed E-state index contributed by atoms with van der Waals surface area (Å²) in [6, 6.07) is 24.1. The lowest BCUT2D eigenvalue weighted by Crippen LogP contribution is -2.32. The zero-order valence-electron chi connectivity index (χ0n) is 18.9. The molecule has 7 nitrogen and oxygen atoms in total. The molecule has 1 aliphatic carbocycles. The highest BCUT2D eigenvalue weighted by Gasteiger charge is 2.29. The molecular formula is C27H27NO6. The number of hydrogen-bond donors (Lipinski definition) is 1. The van der Waals surface area contributed by atoms with E-state index in [1.54, 1.807) is 6.07 Å². The first-order valence-electron chi connectivity index (χ1n) is 11.2. The topological polar surface area (TPSA) is 85.3 Å². The summed E-state index contributed by atoms with van der Waals surface area (Å²) in [5.74, 6) is -0.378. The van der Waals surface area contributed by atoms with Crippen molar-refractivity contribution < 1.29 is 29.2 Å². The molecule has 0 aromatic heterocycles. The van der Waals surface area contributed by atoms with Crippen LogP contribution in [0.25, 0.3) is 0 Å². The van der Waals surface area contributed by atoms with Crippen LogP contribution in [0.2, 0.25) is 0 Å². The van der Waals surface area contributed by atoms with Crippen molar-refractivity contribution in [3.05, 3.63) is 90.0 Å². The molecule has 1 aliphatic rings. The van der Waals surface area contributed by atoms with Crippen LogP contribution < -0.4 is 9.79 Å². The SMILES string of the molecule is CC(=O)OOc1cccc2c1CCC(O)C(COC(=O)N(c1ccccc1)c1ccccc1)C2. The molecule has 0 heterocycles. The van der Waals surface area contributed by atoms with Crippen LogP contribution in [-0.4, -0.2) is 29.9 Å². The summed E-state index contributed by atoms with van der Waals surface area (Å²) in [6.07, 6.45) is 0.345. The maximum Gasteiger partial charge on any atom is 0.418 e. The number of hydrogen-bond acceptors (Lipinski definition) is 6. The van der Waals surface area contributed by atoms with Gasteiger partial charge < -0.3 is 9.84 Å². The Morgan fingerprint density at radius 3 is 2.21 bits per heavy atom. The Balaban J connectivity index is 1.49. The minimum Gasteiger partial charge on any atom is -0.448 e. The number of ether oxygens (including phenoxy) is 1. The summed E-state index contributed by atoms with van der Waals surface area (Å²) < 4.78 is 5.73. The maximum atomic E-state index is 13.2. The third kappa shape index (κ3) is 5.55. The van der Waals surface area contributed by atoms with Crippen molar-refractivity contribution in [1.82, 2.24) is 0 Å². The third-order valence-electron chi connectivity index (χ3n) is 5.83. The number of benzene rings is 3. The summed E-state index contributed by atoms with van der Waals surface area (Å²) in [7, 11) is 0. The van der Waals surface area contributed by atoms with Crippen molar-refractivity contribution >= 4 is 23.4 Å². The predicted octanol–water partition coefficient (Wildman–Crippen LogP) is 4.98. The molecule has 3 aromatic carbocycles. The molecule has 4 rings (SSSR count). The molecular weight excluding hydrogens is 434 g/mol. The number of carbonyl (C=O) groups is 2. The molecule has 0 bridgehead atoms. The third-order valence-corrected chi connectivity index (χ3v) is 5.83. The Hall–Kier alpha value is -3.84. The second-order valence-electron chi connectivity index (χ2n) is 8.21. The number of aliphatic hydroxyl groups is 1. The second kappa shape index (κ2) is 10.9. The number of rotatable bonds is 6. The van der Waals surface area contributed by atoms with Crippen LogP contribution in [0.4, 0.5) is 16.2 Å². The number of aliphatic hydroxyl groups excluding tert-OH is 1. The Kier molecular flexibility index (Phi) is 7.44. The fraction of sp³-hybridized carbons (Fsp3) is 0.259. The Morgan fingerprint density at radius 2 is 1.59 bits per heavy atom. The number of para-hydroxylation sites is 2. The molecule has 2 atom stereocenters. The van der Waals surface area contributed by atoms with Crippen molar-refractivity contribution in [3.63, 3.8) is 0 Å². The number of fused-ring (bicyclic) bond motifs is 1. The van der Waals surface area contributed by atoms with E-state index in [-0.39, 0.29) is 12.5 Å². The van der Waals surface area contributed by atoms with E-state index in [0.717, 1.165) is 11.1 Å². The minimum absolute atomic E-state index is 0.0602. The normalized spacial score (nSPS) is 17.1. The van der Waals surface area contributed by atoms with E-state index in [1.165, 1.54) is 11.8 Å². The van der Waals surface area contributed by atoms with E-state index in [9.17, 15) is 14.7 Å². The van der Waals surface area contributed by atoms with E-state index in [4.69, 9.17) is 14.5 Å². The van der Waals surface area contributed by atoms with E-state index in [0.29, 0.717) is 36.4 Å². The Labute approximate surface area is 198 Å². The summed E-state index contributed by atoms with van der Waals surface area (Å²) in [4.78, 5) is 35.7. The fourth-order valence-electron chi connectivity index (χ4n) is 4.14. The van der Waals surface area contributed by atoms with Gasteiger partial charge >= 0.3 is 12.1 Å². The molecule has 0 radical (unpaired) electrons. The molecule has 2 unspecified atom stereocenters. The molecule has 0 spiro atoms. The largest absolute Gasteiger partial charge is 0.448 e. The van der Waals surface area contributed by atoms with Crippen molar-refractivity contribution in [2.24, 2.45) is 5.92 Å². The molecule has 1 amide bonds. The van der Waals surface area contributed by atoms with Crippen LogP contribution in [0.1, 0.15) is 24.5 Å². The highest BCUT2D eigenvalue weighted by Crippen LogP contribution is 2.32. The van der Waals surface area contributed by atoms with Crippen LogP contribution in [0.5, 0.6) is 5.75 Å². The lowest BCUT2D eigenvalue weighted by molar-refractivity contribution is -0.211. The fourth-order valence-corrected chi connectivity index (χ4v) is 4.14. The standard InChI is InChI=1S/C27H27NO6/c1-19(29)33-34-26-14-8-9-20-17-21(25(30)16-15-24(20)26)18-32-27(31)28(22-10-4-2-5-11-22)23-12-6-3-7-13-23/h2-14,21,25,30H,15-18H2,1H3. The van der Waals surface area contributed by atoms with E-state index >= 15 is 0 Å². The molecule has 7 heteroatoms. The van der Waals surface area contributed by atoms with Crippen LogP contribution in [0, 0.1) is 5.92 Å². The van der Waals surface area contributed by atoms with Gasteiger partial charge in [-0.25, -0.2) is 14.5 Å². The Morgan fingerprint density at radius 1 is 0.941 bits per heavy atom. The van der Waals surface area contributed by atoms with E-state index < -0.39 is 18.2 Å². The lowest BCUT2D eigenvalue weighted by Gasteiger charge is -2.25. The van der Waals surface area contributed by atoms with Gasteiger partial charge in [-0.15, -0.1) is 0 Å². The van der Waals surface area contributed by atoms with Gasteiger partial charge in [0.1, 0.15) is 0 Å². The van der Waals surface area contributed by atoms with Crippen molar-refractivity contribution in [2.75, 3.05) is 11.5 Å². The van der Waals surface area contributed by atoms with Crippen LogP contribution in [-0.2, 0) is 27.3 Å². The summed E-state index contributed by atoms with van der Waals surface area (Å²) in [6.45, 7) is 1.33. The van der Waals surface area contributed by atoms with Gasteiger partial charge in [0.05, 0.1) is 24.1 Å². The molecule has 0 fully saturated rings. The molecule has 1 N–H and O–H groups in total. The van der Waals surface area contributed by atoms with E-state index in [1.807, 2.05) is 72.8 Å². The minimum atomic E-state index is -0.663. The summed E-state index contributed by atoms with van der Waals surface area (Å²) >= 11 is 0. The molecule has 0 saturated carbocycles. The second-order valence-corrected chi connectivity index (χ2v) is 8.21. The van der Waals surface area contributed by atoms with Crippen molar-refractivity contribution in [1.29, 1.82) is 0 Å². The average Bonchev–Trinajstić information content (AvgIpc) is 3.01. The number of anilines is 2. The van der Waals surface area contributed by atoms with Gasteiger partial charge in [-0.3, -0.25) is 9.78 Å². The van der Waals surface area contributed by atoms with Gasteiger partial charge in [-0.1, -0.05) is 48.5 Å². The molecule has 176 valence electrons. The average molecular weight is 462 g/mol. The highest BCUT2D eigenvalue weighted by atomic mass is 17.2. The molecule has 3 aromatic rings. The van der Waals surface area contributed by atoms with Gasteiger partial charge in [0.15, 0.2) is 5.75 Å². The Bertz CT molecular complexity index is 1080. The first-order chi connectivity index (χ1) is 16.5. The van der Waals surface area contributed by atoms with Crippen molar-refractivity contribution in [2.45, 2.75) is 32.3 Å². The predicted molar refractivity (Wildman–Crippen MR) is 127 cm³/mol. The van der Waals surface area contributed by atoms with E-state index in [2.05, 4.69) is 0 Å². The molecule has 0 saturated heterocycles. The molecule has 34 heavy (non-hydrogen) atoms. The summed E-state index contributed by atoms with van der Waals surface area (Å²) in [5.41, 5.74) is 3.23. The van der Waals surface area contributed by atoms with Gasteiger partial charge in [-0.05, 0) is 55.2 Å². The van der Waals surface area contributed by atoms with Crippen LogP contribution in [0.15, 0.2) is 78.9 Å². The van der Waals surface area contributed by atoms with Crippen LogP contribution in [0.3, 0.4) is 0 Å². The zero-order chi connectivity index (χ0) is 23.9. The lowest BCUT2D eigenvalue weighted by atomic mass is 9.95. The van der Waals surface area contributed by atoms with Gasteiger partial charge in [-0.2, -0.15) is 0 Å². The number of nitrogens with zero attached hydrogens (tertiary/aromatic N) is 1. The summed E-state index contributed by atoms with van der Waals surface area (Å²) in [5, 5.41) is 10.8. The quantitative estimate of drug-likeness (QED) is 0.316. The smallest absolute Gasteiger partial charge is 0.418 e.